The molecule has 4 nitrogen and oxygen atoms in total. The highest BCUT2D eigenvalue weighted by atomic mass is 35.5. The molecule has 2 aromatic rings. The average molecular weight is 300 g/mol. The van der Waals surface area contributed by atoms with Crippen LogP contribution >= 0.6 is 22.9 Å². The van der Waals surface area contributed by atoms with E-state index in [1.54, 1.807) is 18.4 Å². The van der Waals surface area contributed by atoms with Gasteiger partial charge in [-0.3, -0.25) is 0 Å². The van der Waals surface area contributed by atoms with E-state index in [4.69, 9.17) is 16.3 Å². The van der Waals surface area contributed by atoms with Crippen molar-refractivity contribution in [3.8, 4) is 0 Å². The van der Waals surface area contributed by atoms with Crippen LogP contribution in [0.4, 0.5) is 5.95 Å². The molecule has 0 fully saturated rings. The smallest absolute Gasteiger partial charge is 0.203 e. The number of anilines is 1. The lowest BCUT2D eigenvalue weighted by Crippen LogP contribution is -2.14. The first-order valence-corrected chi connectivity index (χ1v) is 7.32. The maximum absolute atomic E-state index is 5.92. The zero-order valence-corrected chi connectivity index (χ0v) is 12.9. The van der Waals surface area contributed by atoms with Crippen LogP contribution in [0.25, 0.3) is 0 Å². The van der Waals surface area contributed by atoms with Crippen molar-refractivity contribution in [2.75, 3.05) is 19.0 Å². The Bertz CT molecular complexity index is 538. The first-order chi connectivity index (χ1) is 9.10. The lowest BCUT2D eigenvalue weighted by Gasteiger charge is -2.15. The van der Waals surface area contributed by atoms with Crippen LogP contribution in [0.2, 0.25) is 4.34 Å². The molecule has 0 radical (unpaired) electrons. The Labute approximate surface area is 122 Å². The fourth-order valence-corrected chi connectivity index (χ4v) is 2.94. The molecular weight excluding hydrogens is 282 g/mol. The minimum atomic E-state index is 0.251. The number of imidazole rings is 1. The van der Waals surface area contributed by atoms with E-state index in [2.05, 4.69) is 21.8 Å². The summed E-state index contributed by atoms with van der Waals surface area (Å²) in [5, 5.41) is 3.35. The topological polar surface area (TPSA) is 39.1 Å². The summed E-state index contributed by atoms with van der Waals surface area (Å²) in [6.45, 7) is 5.49. The first-order valence-electron chi connectivity index (χ1n) is 6.12. The normalized spacial score (nSPS) is 12.6. The number of aryl methyl sites for hydroxylation is 1. The van der Waals surface area contributed by atoms with Crippen LogP contribution in [0.1, 0.15) is 23.5 Å². The molecule has 0 spiro atoms. The minimum absolute atomic E-state index is 0.251. The van der Waals surface area contributed by atoms with Gasteiger partial charge in [-0.25, -0.2) is 4.98 Å². The molecule has 0 saturated carbocycles. The second-order valence-corrected chi connectivity index (χ2v) is 6.28. The summed E-state index contributed by atoms with van der Waals surface area (Å²) >= 11 is 7.50. The van der Waals surface area contributed by atoms with E-state index in [0.717, 1.165) is 22.5 Å². The number of methoxy groups -OCH3 is 1. The lowest BCUT2D eigenvalue weighted by molar-refractivity contribution is 0.163. The summed E-state index contributed by atoms with van der Waals surface area (Å²) in [5.41, 5.74) is 0.995. The third-order valence-corrected chi connectivity index (χ3v) is 4.02. The van der Waals surface area contributed by atoms with Crippen molar-refractivity contribution in [1.82, 2.24) is 9.55 Å². The predicted octanol–water partition coefficient (Wildman–Crippen LogP) is 3.73. The molecule has 0 amide bonds. The molecule has 2 heterocycles. The Morgan fingerprint density at radius 3 is 2.95 bits per heavy atom. The molecule has 0 aliphatic carbocycles. The van der Waals surface area contributed by atoms with Crippen molar-refractivity contribution < 1.29 is 4.74 Å². The van der Waals surface area contributed by atoms with Gasteiger partial charge in [0.25, 0.3) is 0 Å². The summed E-state index contributed by atoms with van der Waals surface area (Å²) in [4.78, 5) is 5.70. The Hall–Kier alpha value is -1.04. The van der Waals surface area contributed by atoms with E-state index in [1.165, 1.54) is 4.88 Å². The largest absolute Gasteiger partial charge is 0.383 e. The van der Waals surface area contributed by atoms with Gasteiger partial charge in [-0.15, -0.1) is 11.3 Å². The molecule has 0 saturated heterocycles. The van der Waals surface area contributed by atoms with E-state index >= 15 is 0 Å². The maximum Gasteiger partial charge on any atom is 0.203 e. The molecule has 1 N–H and O–H groups in total. The van der Waals surface area contributed by atoms with Crippen LogP contribution in [0.3, 0.4) is 0 Å². The molecule has 6 heteroatoms. The molecule has 0 bridgehead atoms. The number of halogens is 1. The van der Waals surface area contributed by atoms with Gasteiger partial charge in [0.1, 0.15) is 0 Å². The number of hydrogen-bond acceptors (Lipinski definition) is 4. The quantitative estimate of drug-likeness (QED) is 0.883. The Balaban J connectivity index is 2.07. The first kappa shape index (κ1) is 14.4. The average Bonchev–Trinajstić information content (AvgIpc) is 2.93. The third-order valence-electron chi connectivity index (χ3n) is 2.79. The second-order valence-electron chi connectivity index (χ2n) is 4.48. The second kappa shape index (κ2) is 6.41. The molecule has 2 aromatic heterocycles. The molecule has 2 rings (SSSR count). The maximum atomic E-state index is 5.92. The Morgan fingerprint density at radius 1 is 1.53 bits per heavy atom. The van der Waals surface area contributed by atoms with Gasteiger partial charge in [-0.1, -0.05) is 11.6 Å². The molecular formula is C13H18ClN3OS. The zero-order chi connectivity index (χ0) is 13.8. The van der Waals surface area contributed by atoms with Crippen molar-refractivity contribution >= 4 is 28.9 Å². The number of nitrogens with one attached hydrogen (secondary N) is 1. The van der Waals surface area contributed by atoms with Crippen molar-refractivity contribution in [3.63, 3.8) is 0 Å². The van der Waals surface area contributed by atoms with Crippen molar-refractivity contribution in [2.45, 2.75) is 26.4 Å². The van der Waals surface area contributed by atoms with Gasteiger partial charge in [-0.05, 0) is 26.0 Å². The summed E-state index contributed by atoms with van der Waals surface area (Å²) in [7, 11) is 1.71. The van der Waals surface area contributed by atoms with Gasteiger partial charge >= 0.3 is 0 Å². The number of thiophene rings is 1. The lowest BCUT2D eigenvalue weighted by atomic mass is 10.3. The summed E-state index contributed by atoms with van der Waals surface area (Å²) in [5.74, 6) is 0.867. The highest BCUT2D eigenvalue weighted by molar-refractivity contribution is 7.16. The van der Waals surface area contributed by atoms with Crippen LogP contribution in [0.15, 0.2) is 18.3 Å². The van der Waals surface area contributed by atoms with E-state index in [9.17, 15) is 0 Å². The van der Waals surface area contributed by atoms with Gasteiger partial charge in [0.05, 0.1) is 29.2 Å². The van der Waals surface area contributed by atoms with E-state index in [1.807, 2.05) is 25.3 Å². The summed E-state index contributed by atoms with van der Waals surface area (Å²) in [6.07, 6.45) is 2.04. The van der Waals surface area contributed by atoms with Crippen molar-refractivity contribution in [3.05, 3.63) is 33.2 Å². The molecule has 1 unspecified atom stereocenters. The number of ether oxygens (including phenoxy) is 1. The number of aromatic nitrogens is 2. The van der Waals surface area contributed by atoms with E-state index < -0.39 is 0 Å². The van der Waals surface area contributed by atoms with Crippen LogP contribution in [0.5, 0.6) is 0 Å². The highest BCUT2D eigenvalue weighted by Gasteiger charge is 2.11. The predicted molar refractivity (Wildman–Crippen MR) is 80.2 cm³/mol. The third kappa shape index (κ3) is 3.72. The standard InChI is InChI=1S/C13H18ClN3OS/c1-9-7-17(10(2)8-18-3)13(16-9)15-6-11-4-5-12(14)19-11/h4-5,7,10H,6,8H2,1-3H3,(H,15,16). The Kier molecular flexibility index (Phi) is 4.85. The van der Waals surface area contributed by atoms with Gasteiger partial charge < -0.3 is 14.6 Å². The molecule has 19 heavy (non-hydrogen) atoms. The van der Waals surface area contributed by atoms with Crippen LogP contribution in [-0.4, -0.2) is 23.3 Å². The van der Waals surface area contributed by atoms with E-state index in [0.29, 0.717) is 6.61 Å². The molecule has 1 atom stereocenters. The van der Waals surface area contributed by atoms with Crippen LogP contribution in [-0.2, 0) is 11.3 Å². The Morgan fingerprint density at radius 2 is 2.32 bits per heavy atom. The van der Waals surface area contributed by atoms with Crippen LogP contribution in [0, 0.1) is 6.92 Å². The van der Waals surface area contributed by atoms with Gasteiger partial charge in [0.15, 0.2) is 0 Å². The zero-order valence-electron chi connectivity index (χ0n) is 11.3. The molecule has 0 aliphatic rings. The number of hydrogen-bond donors (Lipinski definition) is 1. The van der Waals surface area contributed by atoms with Gasteiger partial charge in [0, 0.05) is 18.2 Å². The van der Waals surface area contributed by atoms with Crippen LogP contribution < -0.4 is 5.32 Å². The van der Waals surface area contributed by atoms with Gasteiger partial charge in [-0.2, -0.15) is 0 Å². The fourth-order valence-electron chi connectivity index (χ4n) is 1.92. The highest BCUT2D eigenvalue weighted by Crippen LogP contribution is 2.23. The number of rotatable bonds is 6. The minimum Gasteiger partial charge on any atom is -0.383 e. The molecule has 0 aromatic carbocycles. The SMILES string of the molecule is COCC(C)n1cc(C)nc1NCc1ccc(Cl)s1. The summed E-state index contributed by atoms with van der Waals surface area (Å²) < 4.78 is 8.11. The van der Waals surface area contributed by atoms with Gasteiger partial charge in [0.2, 0.25) is 5.95 Å². The number of nitrogens with zero attached hydrogens (tertiary/aromatic N) is 2. The monoisotopic (exact) mass is 299 g/mol. The molecule has 104 valence electrons. The van der Waals surface area contributed by atoms with E-state index in [-0.39, 0.29) is 6.04 Å². The summed E-state index contributed by atoms with van der Waals surface area (Å²) in [6, 6.07) is 4.19. The fraction of sp³-hybridized carbons (Fsp3) is 0.462. The molecule has 0 aliphatic heterocycles. The van der Waals surface area contributed by atoms with Crippen molar-refractivity contribution in [2.24, 2.45) is 0 Å². The van der Waals surface area contributed by atoms with Crippen molar-refractivity contribution in [1.29, 1.82) is 0 Å².